The highest BCUT2D eigenvalue weighted by Crippen LogP contribution is 2.08. The van der Waals surface area contributed by atoms with Crippen LogP contribution in [0.1, 0.15) is 5.56 Å². The Morgan fingerprint density at radius 1 is 1.75 bits per heavy atom. The van der Waals surface area contributed by atoms with E-state index in [4.69, 9.17) is 5.26 Å². The highest BCUT2D eigenvalue weighted by molar-refractivity contribution is 7.90. The van der Waals surface area contributed by atoms with Crippen LogP contribution in [0.5, 0.6) is 0 Å². The molecule has 1 aromatic heterocycles. The first-order valence-electron chi connectivity index (χ1n) is 2.77. The third kappa shape index (κ3) is 1.94. The molecule has 0 aromatic carbocycles. The minimum absolute atomic E-state index is 0.0278. The van der Waals surface area contributed by atoms with Crippen LogP contribution in [0.25, 0.3) is 0 Å². The summed E-state index contributed by atoms with van der Waals surface area (Å²) in [6.07, 6.45) is 1.19. The molecular formula is C4H5N5O2S. The molecule has 0 aliphatic rings. The highest BCUT2D eigenvalue weighted by atomic mass is 32.2. The second-order valence-electron chi connectivity index (χ2n) is 1.92. The largest absolute Gasteiger partial charge is 0.297 e. The molecule has 0 radical (unpaired) electrons. The minimum Gasteiger partial charge on any atom is -0.261 e. The maximum absolute atomic E-state index is 10.5. The van der Waals surface area contributed by atoms with Crippen molar-refractivity contribution in [2.24, 2.45) is 5.14 Å². The Balaban J connectivity index is 2.99. The molecule has 12 heavy (non-hydrogen) atoms. The fourth-order valence-corrected chi connectivity index (χ4v) is 1.03. The van der Waals surface area contributed by atoms with Gasteiger partial charge in [-0.05, 0) is 0 Å². The van der Waals surface area contributed by atoms with Crippen molar-refractivity contribution in [3.05, 3.63) is 11.8 Å². The molecule has 0 aliphatic heterocycles. The monoisotopic (exact) mass is 187 g/mol. The van der Waals surface area contributed by atoms with E-state index in [1.165, 1.54) is 6.20 Å². The number of rotatable bonds is 2. The minimum atomic E-state index is -3.85. The molecule has 8 heteroatoms. The first kappa shape index (κ1) is 8.51. The average Bonchev–Trinajstić information content (AvgIpc) is 2.31. The number of aromatic nitrogens is 2. The number of aromatic amines is 1. The second-order valence-corrected chi connectivity index (χ2v) is 3.21. The fourth-order valence-electron chi connectivity index (χ4n) is 0.591. The molecule has 0 saturated heterocycles. The molecule has 0 spiro atoms. The first-order valence-corrected chi connectivity index (χ1v) is 4.31. The number of nitrogens with one attached hydrogen (secondary N) is 2. The lowest BCUT2D eigenvalue weighted by atomic mass is 10.4. The summed E-state index contributed by atoms with van der Waals surface area (Å²) >= 11 is 0. The van der Waals surface area contributed by atoms with Gasteiger partial charge in [0.15, 0.2) is 5.82 Å². The van der Waals surface area contributed by atoms with E-state index in [1.807, 2.05) is 4.72 Å². The van der Waals surface area contributed by atoms with E-state index in [0.717, 1.165) is 0 Å². The van der Waals surface area contributed by atoms with Crippen LogP contribution in [0.15, 0.2) is 6.20 Å². The van der Waals surface area contributed by atoms with Gasteiger partial charge in [-0.25, -0.2) is 5.14 Å². The van der Waals surface area contributed by atoms with Gasteiger partial charge < -0.3 is 0 Å². The van der Waals surface area contributed by atoms with E-state index < -0.39 is 10.2 Å². The molecule has 0 bridgehead atoms. The number of nitriles is 1. The van der Waals surface area contributed by atoms with Gasteiger partial charge in [-0.1, -0.05) is 0 Å². The van der Waals surface area contributed by atoms with Gasteiger partial charge in [-0.3, -0.25) is 9.82 Å². The standard InChI is InChI=1S/C4H5N5O2S/c5-1-3-2-7-8-4(3)9-12(6,10)11/h2H,(H2,6,10,11)(H2,7,8,9). The van der Waals surface area contributed by atoms with Gasteiger partial charge in [0.25, 0.3) is 10.2 Å². The van der Waals surface area contributed by atoms with E-state index in [9.17, 15) is 8.42 Å². The second kappa shape index (κ2) is 2.80. The molecule has 7 nitrogen and oxygen atoms in total. The summed E-state index contributed by atoms with van der Waals surface area (Å²) in [5.74, 6) is -0.0278. The quantitative estimate of drug-likeness (QED) is 0.543. The molecule has 0 fully saturated rings. The van der Waals surface area contributed by atoms with Gasteiger partial charge in [0.1, 0.15) is 11.6 Å². The van der Waals surface area contributed by atoms with Crippen LogP contribution >= 0.6 is 0 Å². The van der Waals surface area contributed by atoms with Gasteiger partial charge in [-0.2, -0.15) is 18.8 Å². The fraction of sp³-hybridized carbons (Fsp3) is 0. The molecule has 0 saturated carbocycles. The molecule has 4 N–H and O–H groups in total. The summed E-state index contributed by atoms with van der Waals surface area (Å²) in [5.41, 5.74) is 0.0871. The zero-order valence-corrected chi connectivity index (χ0v) is 6.59. The number of anilines is 1. The first-order chi connectivity index (χ1) is 5.53. The molecule has 64 valence electrons. The van der Waals surface area contributed by atoms with Crippen LogP contribution in [-0.4, -0.2) is 18.6 Å². The predicted molar refractivity (Wildman–Crippen MR) is 40.0 cm³/mol. The lowest BCUT2D eigenvalue weighted by molar-refractivity contribution is 0.602. The van der Waals surface area contributed by atoms with Crippen molar-refractivity contribution in [3.63, 3.8) is 0 Å². The topological polar surface area (TPSA) is 125 Å². The van der Waals surface area contributed by atoms with Gasteiger partial charge in [0, 0.05) is 0 Å². The Morgan fingerprint density at radius 2 is 2.42 bits per heavy atom. The molecule has 1 aromatic rings. The number of H-pyrrole nitrogens is 1. The summed E-state index contributed by atoms with van der Waals surface area (Å²) < 4.78 is 22.8. The lowest BCUT2D eigenvalue weighted by Gasteiger charge is -1.98. The number of nitrogens with zero attached hydrogens (tertiary/aromatic N) is 2. The van der Waals surface area contributed by atoms with E-state index in [0.29, 0.717) is 0 Å². The van der Waals surface area contributed by atoms with Crippen molar-refractivity contribution in [2.45, 2.75) is 0 Å². The Bertz CT molecular complexity index is 413. The summed E-state index contributed by atoms with van der Waals surface area (Å²) in [7, 11) is -3.85. The molecule has 1 rings (SSSR count). The summed E-state index contributed by atoms with van der Waals surface area (Å²) in [6, 6.07) is 1.72. The Hall–Kier alpha value is -1.59. The smallest absolute Gasteiger partial charge is 0.261 e. The Labute approximate surface area is 68.4 Å². The van der Waals surface area contributed by atoms with Crippen molar-refractivity contribution in [2.75, 3.05) is 4.72 Å². The SMILES string of the molecule is N#Cc1cn[nH]c1NS(N)(=O)=O. The molecule has 0 atom stereocenters. The van der Waals surface area contributed by atoms with Crippen LogP contribution in [0.4, 0.5) is 5.82 Å². The summed E-state index contributed by atoms with van der Waals surface area (Å²) in [6.45, 7) is 0. The van der Waals surface area contributed by atoms with E-state index >= 15 is 0 Å². The average molecular weight is 187 g/mol. The third-order valence-electron chi connectivity index (χ3n) is 1.00. The van der Waals surface area contributed by atoms with Crippen LogP contribution in [0.3, 0.4) is 0 Å². The molecule has 0 aliphatic carbocycles. The number of nitrogens with two attached hydrogens (primary N) is 1. The van der Waals surface area contributed by atoms with Crippen LogP contribution < -0.4 is 9.86 Å². The Kier molecular flexibility index (Phi) is 1.99. The number of hydrogen-bond donors (Lipinski definition) is 3. The Morgan fingerprint density at radius 3 is 2.92 bits per heavy atom. The van der Waals surface area contributed by atoms with E-state index in [2.05, 4.69) is 15.3 Å². The van der Waals surface area contributed by atoms with Crippen LogP contribution in [0.2, 0.25) is 0 Å². The summed E-state index contributed by atoms with van der Waals surface area (Å²) in [4.78, 5) is 0. The van der Waals surface area contributed by atoms with Crippen molar-refractivity contribution >= 4 is 16.0 Å². The molecule has 0 unspecified atom stereocenters. The number of hydrogen-bond acceptors (Lipinski definition) is 4. The van der Waals surface area contributed by atoms with Gasteiger partial charge in [0.2, 0.25) is 0 Å². The van der Waals surface area contributed by atoms with Gasteiger partial charge >= 0.3 is 0 Å². The highest BCUT2D eigenvalue weighted by Gasteiger charge is 2.08. The molecule has 0 amide bonds. The van der Waals surface area contributed by atoms with Crippen molar-refractivity contribution in [3.8, 4) is 6.07 Å². The van der Waals surface area contributed by atoms with Crippen LogP contribution in [-0.2, 0) is 10.2 Å². The van der Waals surface area contributed by atoms with Crippen molar-refractivity contribution in [1.82, 2.24) is 10.2 Å². The molecular weight excluding hydrogens is 182 g/mol. The zero-order chi connectivity index (χ0) is 9.19. The van der Waals surface area contributed by atoms with Crippen molar-refractivity contribution < 1.29 is 8.42 Å². The van der Waals surface area contributed by atoms with Crippen LogP contribution in [0, 0.1) is 11.3 Å². The van der Waals surface area contributed by atoms with E-state index in [1.54, 1.807) is 6.07 Å². The maximum Gasteiger partial charge on any atom is 0.297 e. The van der Waals surface area contributed by atoms with Gasteiger partial charge in [-0.15, -0.1) is 0 Å². The van der Waals surface area contributed by atoms with Crippen molar-refractivity contribution in [1.29, 1.82) is 5.26 Å². The lowest BCUT2D eigenvalue weighted by Crippen LogP contribution is -2.22. The van der Waals surface area contributed by atoms with E-state index in [-0.39, 0.29) is 11.4 Å². The zero-order valence-electron chi connectivity index (χ0n) is 5.77. The third-order valence-corrected chi connectivity index (χ3v) is 1.49. The molecule has 1 heterocycles. The predicted octanol–water partition coefficient (Wildman–Crippen LogP) is -1.10. The van der Waals surface area contributed by atoms with Gasteiger partial charge in [0.05, 0.1) is 6.20 Å². The normalized spacial score (nSPS) is 10.7. The maximum atomic E-state index is 10.5. The summed E-state index contributed by atoms with van der Waals surface area (Å²) in [5, 5.41) is 18.8.